The zero-order valence-corrected chi connectivity index (χ0v) is 15.5. The van der Waals surface area contributed by atoms with Gasteiger partial charge in [-0.2, -0.15) is 4.31 Å². The summed E-state index contributed by atoms with van der Waals surface area (Å²) in [5.74, 6) is 0.132. The van der Waals surface area contributed by atoms with Crippen LogP contribution in [0.5, 0.6) is 0 Å². The lowest BCUT2D eigenvalue weighted by atomic mass is 10.4. The first kappa shape index (κ1) is 17.7. The van der Waals surface area contributed by atoms with Crippen molar-refractivity contribution in [3.05, 3.63) is 18.3 Å². The molecule has 2 saturated heterocycles. The van der Waals surface area contributed by atoms with E-state index in [1.807, 2.05) is 11.8 Å². The van der Waals surface area contributed by atoms with Gasteiger partial charge in [0.15, 0.2) is 0 Å². The molecule has 2 fully saturated rings. The van der Waals surface area contributed by atoms with Crippen LogP contribution in [0, 0.1) is 0 Å². The lowest BCUT2D eigenvalue weighted by Crippen LogP contribution is -2.34. The molecule has 6 nitrogen and oxygen atoms in total. The summed E-state index contributed by atoms with van der Waals surface area (Å²) in [5, 5.41) is 0.465. The number of hydrogen-bond donors (Lipinski definition) is 0. The van der Waals surface area contributed by atoms with Gasteiger partial charge in [0, 0.05) is 32.4 Å². The lowest BCUT2D eigenvalue weighted by molar-refractivity contribution is -0.129. The fourth-order valence-corrected chi connectivity index (χ4v) is 5.43. The van der Waals surface area contributed by atoms with Crippen molar-refractivity contribution in [3.8, 4) is 0 Å². The maximum Gasteiger partial charge on any atom is 0.244 e. The van der Waals surface area contributed by atoms with E-state index in [0.29, 0.717) is 18.1 Å². The van der Waals surface area contributed by atoms with Crippen LogP contribution in [0.4, 0.5) is 0 Å². The van der Waals surface area contributed by atoms with Gasteiger partial charge in [0.25, 0.3) is 0 Å². The number of hydrogen-bond acceptors (Lipinski definition) is 5. The van der Waals surface area contributed by atoms with Gasteiger partial charge in [0.1, 0.15) is 4.90 Å². The van der Waals surface area contributed by atoms with Crippen LogP contribution in [0.1, 0.15) is 32.6 Å². The summed E-state index contributed by atoms with van der Waals surface area (Å²) in [6.07, 6.45) is 5.38. The molecule has 0 radical (unpaired) electrons. The van der Waals surface area contributed by atoms with Crippen LogP contribution in [-0.4, -0.2) is 59.9 Å². The Labute approximate surface area is 147 Å². The van der Waals surface area contributed by atoms with Gasteiger partial charge < -0.3 is 4.90 Å². The fourth-order valence-electron chi connectivity index (χ4n) is 3.09. The average Bonchev–Trinajstić information content (AvgIpc) is 3.28. The van der Waals surface area contributed by atoms with E-state index in [2.05, 4.69) is 4.98 Å². The van der Waals surface area contributed by atoms with Crippen LogP contribution in [0.25, 0.3) is 0 Å². The van der Waals surface area contributed by atoms with E-state index in [4.69, 9.17) is 0 Å². The zero-order chi connectivity index (χ0) is 17.2. The molecule has 3 rings (SSSR count). The summed E-state index contributed by atoms with van der Waals surface area (Å²) in [5.41, 5.74) is 0. The molecular formula is C16H23N3O3S2. The molecule has 132 valence electrons. The molecule has 1 atom stereocenters. The van der Waals surface area contributed by atoms with E-state index in [1.165, 1.54) is 22.3 Å². The number of sulfonamides is 1. The van der Waals surface area contributed by atoms with Crippen LogP contribution >= 0.6 is 11.8 Å². The van der Waals surface area contributed by atoms with Gasteiger partial charge in [-0.15, -0.1) is 0 Å². The second-order valence-electron chi connectivity index (χ2n) is 6.24. The number of amides is 1. The normalized spacial score (nSPS) is 20.5. The first-order chi connectivity index (χ1) is 11.5. The standard InChI is InChI=1S/C16H23N3O3S2/c1-13(16(20)18-8-2-3-9-18)23-15-7-6-14(12-17-15)24(21,22)19-10-4-5-11-19/h6-7,12-13H,2-5,8-11H2,1H3. The Morgan fingerprint density at radius 3 is 2.33 bits per heavy atom. The van der Waals surface area contributed by atoms with E-state index in [-0.39, 0.29) is 16.1 Å². The highest BCUT2D eigenvalue weighted by Crippen LogP contribution is 2.26. The van der Waals surface area contributed by atoms with E-state index in [1.54, 1.807) is 12.1 Å². The van der Waals surface area contributed by atoms with Crippen LogP contribution in [0.15, 0.2) is 28.3 Å². The molecule has 0 spiro atoms. The van der Waals surface area contributed by atoms with Gasteiger partial charge >= 0.3 is 0 Å². The van der Waals surface area contributed by atoms with E-state index < -0.39 is 10.0 Å². The Hall–Kier alpha value is -1.12. The largest absolute Gasteiger partial charge is 0.342 e. The van der Waals surface area contributed by atoms with Crippen LogP contribution < -0.4 is 0 Å². The third-order valence-electron chi connectivity index (χ3n) is 4.48. The van der Waals surface area contributed by atoms with Gasteiger partial charge in [-0.3, -0.25) is 4.79 Å². The Bertz CT molecular complexity index is 679. The molecule has 0 aliphatic carbocycles. The smallest absolute Gasteiger partial charge is 0.244 e. The Morgan fingerprint density at radius 1 is 1.12 bits per heavy atom. The van der Waals surface area contributed by atoms with Crippen molar-refractivity contribution in [1.29, 1.82) is 0 Å². The van der Waals surface area contributed by atoms with E-state index in [0.717, 1.165) is 38.8 Å². The monoisotopic (exact) mass is 369 g/mol. The predicted octanol–water partition coefficient (Wildman–Crippen LogP) is 1.97. The number of thioether (sulfide) groups is 1. The maximum atomic E-state index is 12.5. The maximum absolute atomic E-state index is 12.5. The summed E-state index contributed by atoms with van der Waals surface area (Å²) < 4.78 is 26.4. The topological polar surface area (TPSA) is 70.6 Å². The molecule has 1 unspecified atom stereocenters. The van der Waals surface area contributed by atoms with Gasteiger partial charge in [0.05, 0.1) is 10.3 Å². The summed E-state index contributed by atoms with van der Waals surface area (Å²) in [7, 11) is -3.43. The zero-order valence-electron chi connectivity index (χ0n) is 13.8. The van der Waals surface area contributed by atoms with Crippen molar-refractivity contribution in [1.82, 2.24) is 14.2 Å². The summed E-state index contributed by atoms with van der Waals surface area (Å²) in [4.78, 5) is 18.7. The van der Waals surface area contributed by atoms with Gasteiger partial charge in [0.2, 0.25) is 15.9 Å². The number of rotatable bonds is 5. The van der Waals surface area contributed by atoms with Crippen LogP contribution in [0.2, 0.25) is 0 Å². The highest BCUT2D eigenvalue weighted by molar-refractivity contribution is 8.00. The van der Waals surface area contributed by atoms with Crippen molar-refractivity contribution >= 4 is 27.7 Å². The van der Waals surface area contributed by atoms with Crippen molar-refractivity contribution in [2.75, 3.05) is 26.2 Å². The average molecular weight is 370 g/mol. The molecule has 0 aromatic carbocycles. The highest BCUT2D eigenvalue weighted by Gasteiger charge is 2.28. The van der Waals surface area contributed by atoms with Crippen molar-refractivity contribution in [2.24, 2.45) is 0 Å². The van der Waals surface area contributed by atoms with Gasteiger partial charge in [-0.25, -0.2) is 13.4 Å². The molecule has 1 amide bonds. The molecule has 2 aliphatic rings. The molecule has 0 saturated carbocycles. The lowest BCUT2D eigenvalue weighted by Gasteiger charge is -2.19. The second kappa shape index (κ2) is 7.41. The molecule has 8 heteroatoms. The first-order valence-electron chi connectivity index (χ1n) is 8.40. The Morgan fingerprint density at radius 2 is 1.75 bits per heavy atom. The number of carbonyl (C=O) groups excluding carboxylic acids is 1. The number of carbonyl (C=O) groups is 1. The minimum Gasteiger partial charge on any atom is -0.342 e. The number of nitrogens with zero attached hydrogens (tertiary/aromatic N) is 3. The highest BCUT2D eigenvalue weighted by atomic mass is 32.2. The summed E-state index contributed by atoms with van der Waals surface area (Å²) >= 11 is 1.38. The van der Waals surface area contributed by atoms with Gasteiger partial charge in [-0.05, 0) is 44.7 Å². The number of aromatic nitrogens is 1. The third-order valence-corrected chi connectivity index (χ3v) is 7.40. The van der Waals surface area contributed by atoms with E-state index in [9.17, 15) is 13.2 Å². The molecule has 1 aromatic rings. The van der Waals surface area contributed by atoms with Crippen molar-refractivity contribution in [3.63, 3.8) is 0 Å². The van der Waals surface area contributed by atoms with Gasteiger partial charge in [-0.1, -0.05) is 11.8 Å². The van der Waals surface area contributed by atoms with Crippen LogP contribution in [0.3, 0.4) is 0 Å². The number of likely N-dealkylation sites (tertiary alicyclic amines) is 1. The molecule has 2 aliphatic heterocycles. The SMILES string of the molecule is CC(Sc1ccc(S(=O)(=O)N2CCCC2)cn1)C(=O)N1CCCC1. The number of pyridine rings is 1. The molecule has 3 heterocycles. The molecular weight excluding hydrogens is 346 g/mol. The molecule has 24 heavy (non-hydrogen) atoms. The molecule has 0 bridgehead atoms. The Balaban J connectivity index is 1.65. The predicted molar refractivity (Wildman–Crippen MR) is 93.4 cm³/mol. The van der Waals surface area contributed by atoms with Crippen molar-refractivity contribution < 1.29 is 13.2 Å². The minimum atomic E-state index is -3.43. The van der Waals surface area contributed by atoms with E-state index >= 15 is 0 Å². The molecule has 1 aromatic heterocycles. The molecule has 0 N–H and O–H groups in total. The quantitative estimate of drug-likeness (QED) is 0.742. The van der Waals surface area contributed by atoms with Crippen LogP contribution in [-0.2, 0) is 14.8 Å². The Kier molecular flexibility index (Phi) is 5.46. The summed E-state index contributed by atoms with van der Waals surface area (Å²) in [6, 6.07) is 3.29. The third kappa shape index (κ3) is 3.75. The van der Waals surface area contributed by atoms with Crippen molar-refractivity contribution in [2.45, 2.75) is 47.8 Å². The summed E-state index contributed by atoms with van der Waals surface area (Å²) in [6.45, 7) is 4.72. The first-order valence-corrected chi connectivity index (χ1v) is 10.7. The minimum absolute atomic E-state index is 0.132. The second-order valence-corrected chi connectivity index (χ2v) is 9.53. The fraction of sp³-hybridized carbons (Fsp3) is 0.625.